The smallest absolute Gasteiger partial charge is 0.0493 e. The maximum Gasteiger partial charge on any atom is 0.0493 e. The standard InChI is InChI=1S/C12H12N2/c1-8-6-14-12-10(8)3-2-9-7-13-5-4-11(9)12/h4-7,14H,2-3H2,1H3. The highest BCUT2D eigenvalue weighted by atomic mass is 14.7. The molecule has 1 aliphatic carbocycles. The highest BCUT2D eigenvalue weighted by Gasteiger charge is 2.18. The number of nitrogens with zero attached hydrogens (tertiary/aromatic N) is 1. The van der Waals surface area contributed by atoms with Crippen molar-refractivity contribution in [2.45, 2.75) is 19.8 Å². The van der Waals surface area contributed by atoms with Crippen molar-refractivity contribution in [3.05, 3.63) is 41.3 Å². The molecule has 0 radical (unpaired) electrons. The fourth-order valence-electron chi connectivity index (χ4n) is 2.24. The number of hydrogen-bond acceptors (Lipinski definition) is 1. The summed E-state index contributed by atoms with van der Waals surface area (Å²) in [5.74, 6) is 0. The maximum atomic E-state index is 4.16. The van der Waals surface area contributed by atoms with Gasteiger partial charge in [-0.3, -0.25) is 4.98 Å². The van der Waals surface area contributed by atoms with Crippen LogP contribution in [-0.4, -0.2) is 9.97 Å². The number of H-pyrrole nitrogens is 1. The number of hydrogen-bond donors (Lipinski definition) is 1. The van der Waals surface area contributed by atoms with E-state index in [1.54, 1.807) is 0 Å². The van der Waals surface area contributed by atoms with Crippen LogP contribution in [-0.2, 0) is 12.8 Å². The molecule has 0 fully saturated rings. The van der Waals surface area contributed by atoms with Gasteiger partial charge >= 0.3 is 0 Å². The van der Waals surface area contributed by atoms with Gasteiger partial charge in [0.15, 0.2) is 0 Å². The van der Waals surface area contributed by atoms with E-state index in [1.807, 2.05) is 12.4 Å². The minimum atomic E-state index is 1.12. The van der Waals surface area contributed by atoms with Crippen molar-refractivity contribution in [1.82, 2.24) is 9.97 Å². The van der Waals surface area contributed by atoms with Crippen molar-refractivity contribution in [2.75, 3.05) is 0 Å². The van der Waals surface area contributed by atoms with Gasteiger partial charge in [-0.2, -0.15) is 0 Å². The lowest BCUT2D eigenvalue weighted by Gasteiger charge is -2.15. The number of rotatable bonds is 0. The summed E-state index contributed by atoms with van der Waals surface area (Å²) in [6.07, 6.45) is 8.21. The molecule has 2 nitrogen and oxygen atoms in total. The van der Waals surface area contributed by atoms with Gasteiger partial charge in [0.1, 0.15) is 0 Å². The van der Waals surface area contributed by atoms with E-state index in [9.17, 15) is 0 Å². The molecule has 2 aromatic rings. The summed E-state index contributed by atoms with van der Waals surface area (Å²) in [4.78, 5) is 7.52. The van der Waals surface area contributed by atoms with Crippen LogP contribution in [0.2, 0.25) is 0 Å². The van der Waals surface area contributed by atoms with E-state index in [4.69, 9.17) is 0 Å². The van der Waals surface area contributed by atoms with Gasteiger partial charge in [0.25, 0.3) is 0 Å². The van der Waals surface area contributed by atoms with Gasteiger partial charge in [0, 0.05) is 29.8 Å². The van der Waals surface area contributed by atoms with Crippen molar-refractivity contribution >= 4 is 0 Å². The molecule has 2 heteroatoms. The molecular weight excluding hydrogens is 172 g/mol. The third-order valence-electron chi connectivity index (χ3n) is 3.03. The van der Waals surface area contributed by atoms with Crippen LogP contribution in [0.4, 0.5) is 0 Å². The summed E-state index contributed by atoms with van der Waals surface area (Å²) in [7, 11) is 0. The molecule has 3 rings (SSSR count). The Hall–Kier alpha value is -1.57. The Labute approximate surface area is 83.0 Å². The average molecular weight is 184 g/mol. The first-order valence-corrected chi connectivity index (χ1v) is 4.96. The lowest BCUT2D eigenvalue weighted by molar-refractivity contribution is 0.924. The van der Waals surface area contributed by atoms with Crippen molar-refractivity contribution in [3.63, 3.8) is 0 Å². The van der Waals surface area contributed by atoms with E-state index >= 15 is 0 Å². The molecule has 2 heterocycles. The maximum absolute atomic E-state index is 4.16. The van der Waals surface area contributed by atoms with E-state index < -0.39 is 0 Å². The molecule has 2 aromatic heterocycles. The second kappa shape index (κ2) is 2.71. The number of fused-ring (bicyclic) bond motifs is 3. The molecule has 70 valence electrons. The number of aromatic nitrogens is 2. The average Bonchev–Trinajstić information content (AvgIpc) is 2.61. The highest BCUT2D eigenvalue weighted by Crippen LogP contribution is 2.33. The van der Waals surface area contributed by atoms with Crippen LogP contribution in [0.1, 0.15) is 16.7 Å². The molecule has 1 N–H and O–H groups in total. The van der Waals surface area contributed by atoms with E-state index in [2.05, 4.69) is 29.2 Å². The Balaban J connectivity index is 2.29. The quantitative estimate of drug-likeness (QED) is 0.669. The van der Waals surface area contributed by atoms with Crippen LogP contribution in [0.3, 0.4) is 0 Å². The molecule has 0 aromatic carbocycles. The molecular formula is C12H12N2. The summed E-state index contributed by atoms with van der Waals surface area (Å²) < 4.78 is 0. The summed E-state index contributed by atoms with van der Waals surface area (Å²) in [5.41, 5.74) is 6.84. The third kappa shape index (κ3) is 0.939. The minimum Gasteiger partial charge on any atom is -0.361 e. The first-order valence-electron chi connectivity index (χ1n) is 4.96. The highest BCUT2D eigenvalue weighted by molar-refractivity contribution is 5.70. The minimum absolute atomic E-state index is 1.12. The lowest BCUT2D eigenvalue weighted by atomic mass is 9.90. The zero-order valence-corrected chi connectivity index (χ0v) is 8.17. The van der Waals surface area contributed by atoms with Gasteiger partial charge in [0.2, 0.25) is 0 Å². The molecule has 0 atom stereocenters. The number of nitrogens with one attached hydrogen (secondary N) is 1. The Morgan fingerprint density at radius 1 is 1.36 bits per heavy atom. The first kappa shape index (κ1) is 7.80. The van der Waals surface area contributed by atoms with Crippen LogP contribution in [0.15, 0.2) is 24.7 Å². The zero-order chi connectivity index (χ0) is 9.54. The van der Waals surface area contributed by atoms with Crippen molar-refractivity contribution in [1.29, 1.82) is 0 Å². The molecule has 0 saturated carbocycles. The van der Waals surface area contributed by atoms with Gasteiger partial charge in [-0.25, -0.2) is 0 Å². The molecule has 14 heavy (non-hydrogen) atoms. The second-order valence-corrected chi connectivity index (χ2v) is 3.86. The summed E-state index contributed by atoms with van der Waals surface area (Å²) in [6.45, 7) is 2.17. The monoisotopic (exact) mass is 184 g/mol. The molecule has 0 bridgehead atoms. The van der Waals surface area contributed by atoms with Crippen LogP contribution < -0.4 is 0 Å². The fourth-order valence-corrected chi connectivity index (χ4v) is 2.24. The van der Waals surface area contributed by atoms with Crippen molar-refractivity contribution in [2.24, 2.45) is 0 Å². The third-order valence-corrected chi connectivity index (χ3v) is 3.03. The Bertz CT molecular complexity index is 483. The van der Waals surface area contributed by atoms with Crippen LogP contribution in [0.25, 0.3) is 11.3 Å². The largest absolute Gasteiger partial charge is 0.361 e. The van der Waals surface area contributed by atoms with Gasteiger partial charge < -0.3 is 4.98 Å². The molecule has 0 aliphatic heterocycles. The van der Waals surface area contributed by atoms with Gasteiger partial charge in [-0.1, -0.05) is 0 Å². The van der Waals surface area contributed by atoms with Gasteiger partial charge in [-0.05, 0) is 42.5 Å². The molecule has 0 saturated heterocycles. The van der Waals surface area contributed by atoms with Crippen molar-refractivity contribution in [3.8, 4) is 11.3 Å². The van der Waals surface area contributed by atoms with E-state index in [0.717, 1.165) is 12.8 Å². The first-order chi connectivity index (χ1) is 6.86. The molecule has 1 aliphatic rings. The van der Waals surface area contributed by atoms with E-state index in [0.29, 0.717) is 0 Å². The van der Waals surface area contributed by atoms with E-state index in [1.165, 1.54) is 27.9 Å². The zero-order valence-electron chi connectivity index (χ0n) is 8.17. The molecule has 0 spiro atoms. The Kier molecular flexibility index (Phi) is 1.51. The fraction of sp³-hybridized carbons (Fsp3) is 0.250. The van der Waals surface area contributed by atoms with Gasteiger partial charge in [-0.15, -0.1) is 0 Å². The Morgan fingerprint density at radius 2 is 2.29 bits per heavy atom. The topological polar surface area (TPSA) is 28.7 Å². The predicted molar refractivity (Wildman–Crippen MR) is 56.2 cm³/mol. The number of aryl methyl sites for hydroxylation is 2. The molecule has 0 unspecified atom stereocenters. The number of aromatic amines is 1. The summed E-state index contributed by atoms with van der Waals surface area (Å²) >= 11 is 0. The Morgan fingerprint density at radius 3 is 3.21 bits per heavy atom. The van der Waals surface area contributed by atoms with E-state index in [-0.39, 0.29) is 0 Å². The number of pyridine rings is 1. The second-order valence-electron chi connectivity index (χ2n) is 3.86. The lowest BCUT2D eigenvalue weighted by Crippen LogP contribution is -2.03. The van der Waals surface area contributed by atoms with Crippen molar-refractivity contribution < 1.29 is 0 Å². The normalized spacial score (nSPS) is 13.5. The SMILES string of the molecule is Cc1c[nH]c2c1CCc1cnccc1-2. The van der Waals surface area contributed by atoms with Crippen LogP contribution >= 0.6 is 0 Å². The molecule has 0 amide bonds. The van der Waals surface area contributed by atoms with Crippen LogP contribution in [0, 0.1) is 6.92 Å². The van der Waals surface area contributed by atoms with Gasteiger partial charge in [0.05, 0.1) is 0 Å². The summed E-state index contributed by atoms with van der Waals surface area (Å²) in [6, 6.07) is 2.10. The summed E-state index contributed by atoms with van der Waals surface area (Å²) in [5, 5.41) is 0. The van der Waals surface area contributed by atoms with Crippen LogP contribution in [0.5, 0.6) is 0 Å². The predicted octanol–water partition coefficient (Wildman–Crippen LogP) is 2.48.